The zero-order chi connectivity index (χ0) is 14.9. The molecule has 110 valence electrons. The van der Waals surface area contributed by atoms with E-state index in [-0.39, 0.29) is 17.4 Å². The second-order valence-corrected chi connectivity index (χ2v) is 6.45. The van der Waals surface area contributed by atoms with Gasteiger partial charge < -0.3 is 14.8 Å². The number of nitrogens with one attached hydrogen (secondary N) is 1. The Morgan fingerprint density at radius 2 is 1.95 bits per heavy atom. The molecule has 1 heterocycles. The first kappa shape index (κ1) is 15.0. The first-order chi connectivity index (χ1) is 9.29. The first-order valence-electron chi connectivity index (χ1n) is 6.69. The molecule has 5 heteroatoms. The molecule has 0 radical (unpaired) electrons. The van der Waals surface area contributed by atoms with Crippen LogP contribution < -0.4 is 14.8 Å². The average molecular weight is 298 g/mol. The lowest BCUT2D eigenvalue weighted by Crippen LogP contribution is -2.41. The number of hydrogen-bond donors (Lipinski definition) is 1. The molecule has 1 aromatic rings. The maximum absolute atomic E-state index is 12.3. The van der Waals surface area contributed by atoms with Gasteiger partial charge in [0.05, 0.1) is 5.02 Å². The van der Waals surface area contributed by atoms with Crippen LogP contribution in [0.15, 0.2) is 12.1 Å². The van der Waals surface area contributed by atoms with Gasteiger partial charge in [-0.25, -0.2) is 0 Å². The quantitative estimate of drug-likeness (QED) is 0.911. The molecule has 4 nitrogen and oxygen atoms in total. The summed E-state index contributed by atoms with van der Waals surface area (Å²) in [6.07, 6.45) is 0. The van der Waals surface area contributed by atoms with Crippen molar-refractivity contribution in [1.29, 1.82) is 0 Å². The lowest BCUT2D eigenvalue weighted by atomic mass is 9.88. The standard InChI is InChI=1S/C15H20ClNO3/c1-9(15(2,3)4)17-14(18)10-7-11(16)13-12(8-10)19-5-6-20-13/h7-9H,5-6H2,1-4H3,(H,17,18)/t9-/m0/s1. The highest BCUT2D eigenvalue weighted by Crippen LogP contribution is 2.38. The second kappa shape index (κ2) is 5.52. The molecular formula is C15H20ClNO3. The number of ether oxygens (including phenoxy) is 2. The lowest BCUT2D eigenvalue weighted by molar-refractivity contribution is 0.0909. The Balaban J connectivity index is 2.21. The summed E-state index contributed by atoms with van der Waals surface area (Å²) in [5, 5.41) is 3.38. The van der Waals surface area contributed by atoms with Crippen LogP contribution in [0, 0.1) is 5.41 Å². The largest absolute Gasteiger partial charge is 0.486 e. The van der Waals surface area contributed by atoms with Crippen LogP contribution in [0.25, 0.3) is 0 Å². The van der Waals surface area contributed by atoms with E-state index in [1.165, 1.54) is 0 Å². The number of carbonyl (C=O) groups is 1. The predicted molar refractivity (Wildman–Crippen MR) is 78.8 cm³/mol. The summed E-state index contributed by atoms with van der Waals surface area (Å²) < 4.78 is 10.9. The maximum Gasteiger partial charge on any atom is 0.251 e. The van der Waals surface area contributed by atoms with Crippen molar-refractivity contribution in [3.8, 4) is 11.5 Å². The fourth-order valence-corrected chi connectivity index (χ4v) is 2.00. The highest BCUT2D eigenvalue weighted by molar-refractivity contribution is 6.32. The van der Waals surface area contributed by atoms with Gasteiger partial charge in [-0.3, -0.25) is 4.79 Å². The van der Waals surface area contributed by atoms with E-state index in [1.54, 1.807) is 12.1 Å². The minimum absolute atomic E-state index is 0.00667. The summed E-state index contributed by atoms with van der Waals surface area (Å²) in [5.41, 5.74) is 0.475. The molecule has 0 aliphatic carbocycles. The van der Waals surface area contributed by atoms with Crippen molar-refractivity contribution in [2.45, 2.75) is 33.7 Å². The molecule has 1 aromatic carbocycles. The second-order valence-electron chi connectivity index (χ2n) is 6.04. The maximum atomic E-state index is 12.3. The SMILES string of the molecule is C[C@H](NC(=O)c1cc(Cl)c2c(c1)OCCO2)C(C)(C)C. The fourth-order valence-electron chi connectivity index (χ4n) is 1.74. The van der Waals surface area contributed by atoms with Crippen molar-refractivity contribution < 1.29 is 14.3 Å². The average Bonchev–Trinajstić information content (AvgIpc) is 2.37. The number of amides is 1. The predicted octanol–water partition coefficient (Wildman–Crippen LogP) is 3.28. The Morgan fingerprint density at radius 1 is 1.30 bits per heavy atom. The van der Waals surface area contributed by atoms with Gasteiger partial charge in [-0.15, -0.1) is 0 Å². The molecule has 0 bridgehead atoms. The molecule has 1 N–H and O–H groups in total. The third kappa shape index (κ3) is 3.18. The highest BCUT2D eigenvalue weighted by atomic mass is 35.5. The number of halogens is 1. The molecule has 2 rings (SSSR count). The summed E-state index contributed by atoms with van der Waals surface area (Å²) in [6, 6.07) is 3.33. The molecule has 0 unspecified atom stereocenters. The van der Waals surface area contributed by atoms with Crippen LogP contribution in [0.2, 0.25) is 5.02 Å². The van der Waals surface area contributed by atoms with Crippen molar-refractivity contribution >= 4 is 17.5 Å². The van der Waals surface area contributed by atoms with Crippen LogP contribution in [-0.2, 0) is 0 Å². The molecule has 0 saturated heterocycles. The third-order valence-corrected chi connectivity index (χ3v) is 3.79. The minimum Gasteiger partial charge on any atom is -0.486 e. The van der Waals surface area contributed by atoms with E-state index in [1.807, 2.05) is 6.92 Å². The topological polar surface area (TPSA) is 47.6 Å². The van der Waals surface area contributed by atoms with Crippen LogP contribution in [0.3, 0.4) is 0 Å². The Labute approximate surface area is 124 Å². The molecule has 1 atom stereocenters. The first-order valence-corrected chi connectivity index (χ1v) is 7.07. The minimum atomic E-state index is -0.161. The van der Waals surface area contributed by atoms with Gasteiger partial charge in [0.2, 0.25) is 0 Å². The number of fused-ring (bicyclic) bond motifs is 1. The van der Waals surface area contributed by atoms with Crippen molar-refractivity contribution in [2.75, 3.05) is 13.2 Å². The van der Waals surface area contributed by atoms with E-state index in [9.17, 15) is 4.79 Å². The summed E-state index contributed by atoms with van der Waals surface area (Å²) in [7, 11) is 0. The van der Waals surface area contributed by atoms with Crippen LogP contribution in [0.4, 0.5) is 0 Å². The van der Waals surface area contributed by atoms with E-state index in [4.69, 9.17) is 21.1 Å². The van der Waals surface area contributed by atoms with Crippen LogP contribution in [0.5, 0.6) is 11.5 Å². The van der Waals surface area contributed by atoms with Gasteiger partial charge in [0.25, 0.3) is 5.91 Å². The van der Waals surface area contributed by atoms with Crippen molar-refractivity contribution in [3.05, 3.63) is 22.7 Å². The van der Waals surface area contributed by atoms with Crippen LogP contribution in [-0.4, -0.2) is 25.2 Å². The van der Waals surface area contributed by atoms with Crippen LogP contribution in [0.1, 0.15) is 38.1 Å². The van der Waals surface area contributed by atoms with Crippen molar-refractivity contribution in [3.63, 3.8) is 0 Å². The molecule has 1 amide bonds. The third-order valence-electron chi connectivity index (χ3n) is 3.51. The van der Waals surface area contributed by atoms with Gasteiger partial charge >= 0.3 is 0 Å². The molecule has 1 aliphatic heterocycles. The fraction of sp³-hybridized carbons (Fsp3) is 0.533. The summed E-state index contributed by atoms with van der Waals surface area (Å²) in [6.45, 7) is 9.15. The highest BCUT2D eigenvalue weighted by Gasteiger charge is 2.24. The van der Waals surface area contributed by atoms with E-state index in [2.05, 4.69) is 26.1 Å². The van der Waals surface area contributed by atoms with Gasteiger partial charge in [-0.05, 0) is 24.5 Å². The Bertz CT molecular complexity index is 523. The molecule has 0 fully saturated rings. The van der Waals surface area contributed by atoms with Crippen LogP contribution >= 0.6 is 11.6 Å². The summed E-state index contributed by atoms with van der Waals surface area (Å²) >= 11 is 6.13. The Hall–Kier alpha value is -1.42. The van der Waals surface area contributed by atoms with Crippen molar-refractivity contribution in [1.82, 2.24) is 5.32 Å². The zero-order valence-electron chi connectivity index (χ0n) is 12.2. The number of benzene rings is 1. The van der Waals surface area contributed by atoms with Gasteiger partial charge in [0.15, 0.2) is 11.5 Å². The molecular weight excluding hydrogens is 278 g/mol. The number of rotatable bonds is 2. The molecule has 0 saturated carbocycles. The molecule has 20 heavy (non-hydrogen) atoms. The Morgan fingerprint density at radius 3 is 2.60 bits per heavy atom. The van der Waals surface area contributed by atoms with E-state index >= 15 is 0 Å². The monoisotopic (exact) mass is 297 g/mol. The van der Waals surface area contributed by atoms with E-state index in [0.717, 1.165) is 0 Å². The smallest absolute Gasteiger partial charge is 0.251 e. The van der Waals surface area contributed by atoms with Gasteiger partial charge in [-0.2, -0.15) is 0 Å². The molecule has 0 aromatic heterocycles. The van der Waals surface area contributed by atoms with E-state index < -0.39 is 0 Å². The summed E-state index contributed by atoms with van der Waals surface area (Å²) in [5.74, 6) is 0.877. The Kier molecular flexibility index (Phi) is 4.14. The lowest BCUT2D eigenvalue weighted by Gasteiger charge is -2.28. The van der Waals surface area contributed by atoms with E-state index in [0.29, 0.717) is 35.3 Å². The van der Waals surface area contributed by atoms with Crippen molar-refractivity contribution in [2.24, 2.45) is 5.41 Å². The number of carbonyl (C=O) groups excluding carboxylic acids is 1. The normalized spacial score (nSPS) is 15.7. The number of hydrogen-bond acceptors (Lipinski definition) is 3. The molecule has 1 aliphatic rings. The summed E-state index contributed by atoms with van der Waals surface area (Å²) in [4.78, 5) is 12.3. The zero-order valence-corrected chi connectivity index (χ0v) is 13.0. The van der Waals surface area contributed by atoms with Gasteiger partial charge in [-0.1, -0.05) is 32.4 Å². The van der Waals surface area contributed by atoms with Gasteiger partial charge in [0.1, 0.15) is 13.2 Å². The molecule has 0 spiro atoms. The van der Waals surface area contributed by atoms with Gasteiger partial charge in [0, 0.05) is 11.6 Å².